The van der Waals surface area contributed by atoms with Gasteiger partial charge in [0.05, 0.1) is 0 Å². The first kappa shape index (κ1) is 15.7. The number of hydrogen-bond donors (Lipinski definition) is 2. The smallest absolute Gasteiger partial charge is 0.224 e. The lowest BCUT2D eigenvalue weighted by Crippen LogP contribution is -2.24. The van der Waals surface area contributed by atoms with E-state index in [1.807, 2.05) is 31.3 Å². The summed E-state index contributed by atoms with van der Waals surface area (Å²) in [4.78, 5) is 12.1. The molecule has 1 atom stereocenters. The standard InChI is InChI=1S/C16H26N2O/c1-12(16(2,3)4)10-15(19)18-14-9-7-6-8-13(14)11-17-5/h6-9,12,17H,10-11H2,1-5H3,(H,18,19). The summed E-state index contributed by atoms with van der Waals surface area (Å²) < 4.78 is 0. The molecule has 0 radical (unpaired) electrons. The Balaban J connectivity index is 2.67. The van der Waals surface area contributed by atoms with E-state index in [0.717, 1.165) is 17.8 Å². The Morgan fingerprint density at radius 3 is 2.47 bits per heavy atom. The first-order valence-corrected chi connectivity index (χ1v) is 6.87. The van der Waals surface area contributed by atoms with Crippen LogP contribution >= 0.6 is 0 Å². The average molecular weight is 262 g/mol. The summed E-state index contributed by atoms with van der Waals surface area (Å²) in [5, 5.41) is 6.13. The Morgan fingerprint density at radius 2 is 1.89 bits per heavy atom. The van der Waals surface area contributed by atoms with Gasteiger partial charge in [0, 0.05) is 18.7 Å². The fourth-order valence-electron chi connectivity index (χ4n) is 1.77. The van der Waals surface area contributed by atoms with Crippen molar-refractivity contribution in [3.63, 3.8) is 0 Å². The number of para-hydroxylation sites is 1. The van der Waals surface area contributed by atoms with E-state index in [4.69, 9.17) is 0 Å². The third kappa shape index (κ3) is 5.03. The summed E-state index contributed by atoms with van der Waals surface area (Å²) in [6, 6.07) is 7.91. The molecule has 0 fully saturated rings. The van der Waals surface area contributed by atoms with Crippen molar-refractivity contribution in [2.24, 2.45) is 11.3 Å². The lowest BCUT2D eigenvalue weighted by Gasteiger charge is -2.26. The van der Waals surface area contributed by atoms with Gasteiger partial charge in [-0.15, -0.1) is 0 Å². The second kappa shape index (κ2) is 6.71. The Kier molecular flexibility index (Phi) is 5.55. The van der Waals surface area contributed by atoms with Crippen molar-refractivity contribution < 1.29 is 4.79 Å². The van der Waals surface area contributed by atoms with Crippen molar-refractivity contribution >= 4 is 11.6 Å². The Bertz CT molecular complexity index is 421. The van der Waals surface area contributed by atoms with Gasteiger partial charge in [-0.2, -0.15) is 0 Å². The van der Waals surface area contributed by atoms with Crippen LogP contribution < -0.4 is 10.6 Å². The van der Waals surface area contributed by atoms with Crippen LogP contribution in [0.15, 0.2) is 24.3 Å². The highest BCUT2D eigenvalue weighted by molar-refractivity contribution is 5.91. The molecule has 0 spiro atoms. The van der Waals surface area contributed by atoms with E-state index in [2.05, 4.69) is 38.3 Å². The van der Waals surface area contributed by atoms with E-state index in [1.165, 1.54) is 0 Å². The zero-order valence-corrected chi connectivity index (χ0v) is 12.7. The van der Waals surface area contributed by atoms with E-state index >= 15 is 0 Å². The minimum Gasteiger partial charge on any atom is -0.326 e. The molecular weight excluding hydrogens is 236 g/mol. The van der Waals surface area contributed by atoms with Gasteiger partial charge in [0.1, 0.15) is 0 Å². The second-order valence-electron chi connectivity index (χ2n) is 6.21. The molecule has 0 aliphatic rings. The first-order chi connectivity index (χ1) is 8.84. The molecule has 1 aromatic rings. The average Bonchev–Trinajstić information content (AvgIpc) is 2.30. The van der Waals surface area contributed by atoms with Crippen LogP contribution in [0.3, 0.4) is 0 Å². The van der Waals surface area contributed by atoms with Gasteiger partial charge in [-0.25, -0.2) is 0 Å². The topological polar surface area (TPSA) is 41.1 Å². The molecule has 1 amide bonds. The van der Waals surface area contributed by atoms with Gasteiger partial charge < -0.3 is 10.6 Å². The van der Waals surface area contributed by atoms with E-state index < -0.39 is 0 Å². The van der Waals surface area contributed by atoms with Gasteiger partial charge in [-0.05, 0) is 30.0 Å². The minimum atomic E-state index is 0.0889. The summed E-state index contributed by atoms with van der Waals surface area (Å²) in [6.45, 7) is 9.38. The molecule has 3 nitrogen and oxygen atoms in total. The number of amides is 1. The molecular formula is C16H26N2O. The summed E-state index contributed by atoms with van der Waals surface area (Å²) in [7, 11) is 1.90. The Labute approximate surface area is 116 Å². The van der Waals surface area contributed by atoms with Crippen molar-refractivity contribution in [2.75, 3.05) is 12.4 Å². The van der Waals surface area contributed by atoms with Crippen LogP contribution in [0.25, 0.3) is 0 Å². The molecule has 106 valence electrons. The van der Waals surface area contributed by atoms with Gasteiger partial charge in [0.25, 0.3) is 0 Å². The second-order valence-corrected chi connectivity index (χ2v) is 6.21. The molecule has 0 saturated heterocycles. The van der Waals surface area contributed by atoms with Crippen LogP contribution in [-0.2, 0) is 11.3 Å². The molecule has 19 heavy (non-hydrogen) atoms. The molecule has 0 bridgehead atoms. The summed E-state index contributed by atoms with van der Waals surface area (Å²) in [5.41, 5.74) is 2.17. The van der Waals surface area contributed by atoms with Crippen LogP contribution in [0.4, 0.5) is 5.69 Å². The Hall–Kier alpha value is -1.35. The van der Waals surface area contributed by atoms with Crippen LogP contribution in [0.2, 0.25) is 0 Å². The lowest BCUT2D eigenvalue weighted by atomic mass is 9.80. The molecule has 1 rings (SSSR count). The lowest BCUT2D eigenvalue weighted by molar-refractivity contribution is -0.117. The number of anilines is 1. The van der Waals surface area contributed by atoms with Gasteiger partial charge >= 0.3 is 0 Å². The molecule has 1 unspecified atom stereocenters. The maximum atomic E-state index is 12.1. The van der Waals surface area contributed by atoms with Crippen molar-refractivity contribution in [2.45, 2.75) is 40.7 Å². The molecule has 0 aromatic heterocycles. The highest BCUT2D eigenvalue weighted by atomic mass is 16.1. The number of carbonyl (C=O) groups excluding carboxylic acids is 1. The summed E-state index contributed by atoms with van der Waals surface area (Å²) in [6.07, 6.45) is 0.553. The zero-order valence-electron chi connectivity index (χ0n) is 12.7. The van der Waals surface area contributed by atoms with Gasteiger partial charge in [-0.1, -0.05) is 45.9 Å². The molecule has 0 heterocycles. The molecule has 0 aliphatic heterocycles. The third-order valence-electron chi connectivity index (χ3n) is 3.63. The maximum Gasteiger partial charge on any atom is 0.224 e. The number of rotatable bonds is 5. The number of benzene rings is 1. The largest absolute Gasteiger partial charge is 0.326 e. The molecule has 0 aliphatic carbocycles. The zero-order chi connectivity index (χ0) is 14.5. The number of carbonyl (C=O) groups is 1. The fourth-order valence-corrected chi connectivity index (χ4v) is 1.77. The SMILES string of the molecule is CNCc1ccccc1NC(=O)CC(C)C(C)(C)C. The van der Waals surface area contributed by atoms with Gasteiger partial charge in [-0.3, -0.25) is 4.79 Å². The van der Waals surface area contributed by atoms with E-state index in [0.29, 0.717) is 12.3 Å². The highest BCUT2D eigenvalue weighted by Gasteiger charge is 2.22. The van der Waals surface area contributed by atoms with Crippen molar-refractivity contribution in [1.29, 1.82) is 0 Å². The van der Waals surface area contributed by atoms with E-state index in [1.54, 1.807) is 0 Å². The van der Waals surface area contributed by atoms with Crippen molar-refractivity contribution in [3.8, 4) is 0 Å². The predicted molar refractivity (Wildman–Crippen MR) is 81.1 cm³/mol. The molecule has 1 aromatic carbocycles. The van der Waals surface area contributed by atoms with Gasteiger partial charge in [0.15, 0.2) is 0 Å². The predicted octanol–water partition coefficient (Wildman–Crippen LogP) is 3.42. The third-order valence-corrected chi connectivity index (χ3v) is 3.63. The minimum absolute atomic E-state index is 0.0889. The van der Waals surface area contributed by atoms with E-state index in [9.17, 15) is 4.79 Å². The summed E-state index contributed by atoms with van der Waals surface area (Å²) >= 11 is 0. The van der Waals surface area contributed by atoms with Crippen LogP contribution in [-0.4, -0.2) is 13.0 Å². The van der Waals surface area contributed by atoms with Gasteiger partial charge in [0.2, 0.25) is 5.91 Å². The van der Waals surface area contributed by atoms with Crippen LogP contribution in [0, 0.1) is 11.3 Å². The monoisotopic (exact) mass is 262 g/mol. The number of hydrogen-bond acceptors (Lipinski definition) is 2. The fraction of sp³-hybridized carbons (Fsp3) is 0.562. The van der Waals surface area contributed by atoms with Crippen LogP contribution in [0.1, 0.15) is 39.7 Å². The van der Waals surface area contributed by atoms with Crippen LogP contribution in [0.5, 0.6) is 0 Å². The number of nitrogens with one attached hydrogen (secondary N) is 2. The Morgan fingerprint density at radius 1 is 1.26 bits per heavy atom. The first-order valence-electron chi connectivity index (χ1n) is 6.87. The molecule has 2 N–H and O–H groups in total. The van der Waals surface area contributed by atoms with Crippen molar-refractivity contribution in [1.82, 2.24) is 5.32 Å². The quantitative estimate of drug-likeness (QED) is 0.853. The van der Waals surface area contributed by atoms with Crippen molar-refractivity contribution in [3.05, 3.63) is 29.8 Å². The maximum absolute atomic E-state index is 12.1. The summed E-state index contributed by atoms with van der Waals surface area (Å²) in [5.74, 6) is 0.440. The normalized spacial score (nSPS) is 13.1. The highest BCUT2D eigenvalue weighted by Crippen LogP contribution is 2.28. The molecule has 0 saturated carbocycles. The van der Waals surface area contributed by atoms with E-state index in [-0.39, 0.29) is 11.3 Å². The molecule has 3 heteroatoms.